The lowest BCUT2D eigenvalue weighted by atomic mass is 9.85. The maximum atomic E-state index is 14.8. The molecular formula is C40H57N7O8. The molecule has 2 heterocycles. The lowest BCUT2D eigenvalue weighted by Gasteiger charge is -2.37. The van der Waals surface area contributed by atoms with Gasteiger partial charge in [0.25, 0.3) is 11.8 Å². The fourth-order valence-corrected chi connectivity index (χ4v) is 7.48. The Morgan fingerprint density at radius 3 is 2.24 bits per heavy atom. The summed E-state index contributed by atoms with van der Waals surface area (Å²) in [7, 11) is 1.52. The molecule has 2 fully saturated rings. The number of carbonyl (C=O) groups excluding carboxylic acids is 6. The second-order valence-corrected chi connectivity index (χ2v) is 15.9. The van der Waals surface area contributed by atoms with E-state index >= 15 is 0 Å². The average molecular weight is 764 g/mol. The summed E-state index contributed by atoms with van der Waals surface area (Å²) in [6, 6.07) is 4.53. The van der Waals surface area contributed by atoms with E-state index in [9.17, 15) is 28.8 Å². The number of rotatable bonds is 17. The number of ketones is 1. The van der Waals surface area contributed by atoms with Crippen LogP contribution in [0.1, 0.15) is 96.2 Å². The van der Waals surface area contributed by atoms with Gasteiger partial charge in [0.1, 0.15) is 30.6 Å². The Balaban J connectivity index is 1.59. The highest BCUT2D eigenvalue weighted by Gasteiger charge is 2.55. The SMILES string of the molecule is CCCC(NC(=O)[C@@H]1[C@H]2CC[C@@H](OCOC)C2CN1C(=O)[C@@H](NC(=O)[C@H](NC(=O)c1cnccn1)C(C)C)C(C)(C)C)C(=O)C(=O)N[C@H](C)c1ccccc1. The summed E-state index contributed by atoms with van der Waals surface area (Å²) in [6.45, 7) is 12.8. The van der Waals surface area contributed by atoms with Crippen LogP contribution in [0.15, 0.2) is 48.9 Å². The number of aromatic nitrogens is 2. The molecule has 4 rings (SSSR count). The van der Waals surface area contributed by atoms with Gasteiger partial charge in [-0.15, -0.1) is 0 Å². The normalized spacial score (nSPS) is 21.5. The lowest BCUT2D eigenvalue weighted by molar-refractivity contribution is -0.146. The predicted octanol–water partition coefficient (Wildman–Crippen LogP) is 2.72. The maximum absolute atomic E-state index is 14.8. The van der Waals surface area contributed by atoms with Crippen LogP contribution in [0.3, 0.4) is 0 Å². The number of Topliss-reactive ketones (excluding diaryl/α,β-unsaturated/α-hetero) is 1. The van der Waals surface area contributed by atoms with Crippen molar-refractivity contribution in [2.24, 2.45) is 23.2 Å². The quantitative estimate of drug-likeness (QED) is 0.137. The molecule has 300 valence electrons. The third-order valence-corrected chi connectivity index (χ3v) is 10.4. The van der Waals surface area contributed by atoms with Crippen LogP contribution in [0, 0.1) is 23.2 Å². The van der Waals surface area contributed by atoms with Gasteiger partial charge in [-0.25, -0.2) is 4.98 Å². The largest absolute Gasteiger partial charge is 0.359 e. The molecule has 55 heavy (non-hydrogen) atoms. The van der Waals surface area contributed by atoms with Crippen LogP contribution in [0.5, 0.6) is 0 Å². The van der Waals surface area contributed by atoms with Gasteiger partial charge in [0.05, 0.1) is 24.4 Å². The van der Waals surface area contributed by atoms with Crippen molar-refractivity contribution in [2.75, 3.05) is 20.4 Å². The summed E-state index contributed by atoms with van der Waals surface area (Å²) in [5.74, 6) is -4.71. The summed E-state index contributed by atoms with van der Waals surface area (Å²) < 4.78 is 11.2. The topological polar surface area (TPSA) is 198 Å². The first-order chi connectivity index (χ1) is 26.1. The van der Waals surface area contributed by atoms with E-state index in [2.05, 4.69) is 31.2 Å². The van der Waals surface area contributed by atoms with Crippen molar-refractivity contribution < 1.29 is 38.2 Å². The minimum Gasteiger partial charge on any atom is -0.359 e. The minimum atomic E-state index is -1.12. The van der Waals surface area contributed by atoms with Crippen LogP contribution < -0.4 is 21.3 Å². The molecule has 8 atom stereocenters. The molecule has 0 bridgehead atoms. The average Bonchev–Trinajstić information content (AvgIpc) is 3.73. The number of methoxy groups -OCH3 is 1. The van der Waals surface area contributed by atoms with E-state index in [-0.39, 0.29) is 49.3 Å². The lowest BCUT2D eigenvalue weighted by Crippen LogP contribution is -2.62. The number of ether oxygens (including phenoxy) is 2. The van der Waals surface area contributed by atoms with Crippen molar-refractivity contribution >= 4 is 35.3 Å². The molecule has 1 aliphatic heterocycles. The number of likely N-dealkylation sites (tertiary alicyclic amines) is 1. The third kappa shape index (κ3) is 10.7. The van der Waals surface area contributed by atoms with Crippen LogP contribution in [-0.2, 0) is 33.4 Å². The molecule has 1 aliphatic carbocycles. The van der Waals surface area contributed by atoms with Crippen LogP contribution in [0.2, 0.25) is 0 Å². The molecule has 1 saturated heterocycles. The zero-order chi connectivity index (χ0) is 40.4. The highest BCUT2D eigenvalue weighted by atomic mass is 16.7. The molecule has 1 saturated carbocycles. The Kier molecular flexibility index (Phi) is 15.0. The van der Waals surface area contributed by atoms with E-state index in [1.165, 1.54) is 30.6 Å². The number of hydrogen-bond donors (Lipinski definition) is 4. The molecule has 1 aromatic heterocycles. The van der Waals surface area contributed by atoms with Crippen LogP contribution in [0.25, 0.3) is 0 Å². The molecule has 0 radical (unpaired) electrons. The van der Waals surface area contributed by atoms with Crippen LogP contribution in [0.4, 0.5) is 0 Å². The van der Waals surface area contributed by atoms with Crippen molar-refractivity contribution in [3.8, 4) is 0 Å². The summed E-state index contributed by atoms with van der Waals surface area (Å²) in [4.78, 5) is 92.3. The molecule has 4 N–H and O–H groups in total. The predicted molar refractivity (Wildman–Crippen MR) is 203 cm³/mol. The van der Waals surface area contributed by atoms with E-state index in [1.807, 2.05) is 37.3 Å². The number of fused-ring (bicyclic) bond motifs is 1. The number of amides is 5. The fourth-order valence-electron chi connectivity index (χ4n) is 7.48. The fraction of sp³-hybridized carbons (Fsp3) is 0.600. The van der Waals surface area contributed by atoms with Gasteiger partial charge in [0.15, 0.2) is 0 Å². The van der Waals surface area contributed by atoms with Gasteiger partial charge in [-0.3, -0.25) is 33.8 Å². The molecule has 1 aromatic carbocycles. The van der Waals surface area contributed by atoms with Gasteiger partial charge >= 0.3 is 0 Å². The van der Waals surface area contributed by atoms with Crippen LogP contribution in [-0.4, -0.2) is 101 Å². The molecule has 2 unspecified atom stereocenters. The third-order valence-electron chi connectivity index (χ3n) is 10.4. The molecule has 0 spiro atoms. The van der Waals surface area contributed by atoms with Crippen LogP contribution >= 0.6 is 0 Å². The Hall–Kier alpha value is -4.76. The van der Waals surface area contributed by atoms with E-state index in [0.717, 1.165) is 5.56 Å². The van der Waals surface area contributed by atoms with E-state index in [0.29, 0.717) is 19.3 Å². The first kappa shape index (κ1) is 43.0. The van der Waals surface area contributed by atoms with Crippen molar-refractivity contribution in [3.63, 3.8) is 0 Å². The van der Waals surface area contributed by atoms with Gasteiger partial charge in [-0.1, -0.05) is 78.3 Å². The van der Waals surface area contributed by atoms with E-state index in [4.69, 9.17) is 9.47 Å². The van der Waals surface area contributed by atoms with Gasteiger partial charge in [-0.2, -0.15) is 0 Å². The molecular weight excluding hydrogens is 706 g/mol. The van der Waals surface area contributed by atoms with Crippen molar-refractivity contribution in [2.45, 2.75) is 110 Å². The zero-order valence-corrected chi connectivity index (χ0v) is 33.2. The molecule has 2 aliphatic rings. The first-order valence-electron chi connectivity index (χ1n) is 19.1. The molecule has 2 aromatic rings. The summed E-state index contributed by atoms with van der Waals surface area (Å²) in [5.41, 5.74) is 0.0304. The van der Waals surface area contributed by atoms with Crippen molar-refractivity contribution in [3.05, 3.63) is 60.2 Å². The Morgan fingerprint density at radius 2 is 1.64 bits per heavy atom. The number of benzene rings is 1. The van der Waals surface area contributed by atoms with E-state index < -0.39 is 70.9 Å². The Bertz CT molecular complexity index is 1650. The summed E-state index contributed by atoms with van der Waals surface area (Å²) in [5, 5.41) is 11.2. The highest BCUT2D eigenvalue weighted by molar-refractivity contribution is 6.38. The Morgan fingerprint density at radius 1 is 0.927 bits per heavy atom. The maximum Gasteiger partial charge on any atom is 0.290 e. The van der Waals surface area contributed by atoms with Crippen molar-refractivity contribution in [1.82, 2.24) is 36.1 Å². The molecule has 15 nitrogen and oxygen atoms in total. The van der Waals surface area contributed by atoms with Gasteiger partial charge in [0, 0.05) is 32.0 Å². The van der Waals surface area contributed by atoms with E-state index in [1.54, 1.807) is 41.5 Å². The standard InChI is InChI=1S/C40H57N7O8/c1-9-13-28(33(48)38(52)43-24(4)25-14-11-10-12-15-25)44-37(51)32-26-16-17-30(55-22-54-8)27(26)21-47(32)39(53)34(40(5,6)7)46-36(50)31(23(2)3)45-35(49)29-20-41-18-19-42-29/h10-12,14-15,18-20,23-24,26-28,30-32,34H,9,13,16-17,21-22H2,1-8H3,(H,43,52)(H,44,51)(H,45,49)(H,46,50)/t24-,26+,27?,28?,30-,31-,32+,34-/m1/s1. The zero-order valence-electron chi connectivity index (χ0n) is 33.2. The monoisotopic (exact) mass is 763 g/mol. The van der Waals surface area contributed by atoms with Gasteiger partial charge in [0.2, 0.25) is 23.5 Å². The molecule has 15 heteroatoms. The highest BCUT2D eigenvalue weighted by Crippen LogP contribution is 2.44. The summed E-state index contributed by atoms with van der Waals surface area (Å²) >= 11 is 0. The number of nitrogens with zero attached hydrogens (tertiary/aromatic N) is 3. The molecule has 5 amide bonds. The van der Waals surface area contributed by atoms with Gasteiger partial charge < -0.3 is 35.6 Å². The first-order valence-corrected chi connectivity index (χ1v) is 19.1. The smallest absolute Gasteiger partial charge is 0.290 e. The second kappa shape index (κ2) is 19.2. The summed E-state index contributed by atoms with van der Waals surface area (Å²) in [6.07, 6.45) is 5.74. The number of nitrogens with one attached hydrogen (secondary N) is 4. The minimum absolute atomic E-state index is 0.0372. The number of hydrogen-bond acceptors (Lipinski definition) is 10. The number of carbonyl (C=O) groups is 6. The van der Waals surface area contributed by atoms with Gasteiger partial charge in [-0.05, 0) is 49.0 Å². The Labute approximate surface area is 323 Å². The van der Waals surface area contributed by atoms with Crippen molar-refractivity contribution in [1.29, 1.82) is 0 Å². The second-order valence-electron chi connectivity index (χ2n) is 15.9.